The summed E-state index contributed by atoms with van der Waals surface area (Å²) in [7, 11) is 0. The molecule has 3 heteroatoms. The van der Waals surface area contributed by atoms with Gasteiger partial charge in [-0.1, -0.05) is 32.4 Å². The molecule has 2 aromatic rings. The molecular formula is C15H20ClNO. The van der Waals surface area contributed by atoms with E-state index in [-0.39, 0.29) is 6.04 Å². The molecule has 0 amide bonds. The molecule has 0 aliphatic carbocycles. The van der Waals surface area contributed by atoms with Gasteiger partial charge in [0.15, 0.2) is 0 Å². The fourth-order valence-electron chi connectivity index (χ4n) is 1.95. The van der Waals surface area contributed by atoms with Gasteiger partial charge in [0.1, 0.15) is 11.3 Å². The molecule has 0 saturated heterocycles. The van der Waals surface area contributed by atoms with E-state index >= 15 is 0 Å². The summed E-state index contributed by atoms with van der Waals surface area (Å²) in [5.74, 6) is 0.844. The standard InChI is InChI=1S/C15H20ClNO/c1-15(2,3)7-6-12(17)14-9-10-8-11(16)4-5-13(10)18-14/h4-5,8-9,12H,6-7,17H2,1-3H3. The van der Waals surface area contributed by atoms with Crippen molar-refractivity contribution in [2.75, 3.05) is 0 Å². The first-order chi connectivity index (χ1) is 8.35. The van der Waals surface area contributed by atoms with Crippen molar-refractivity contribution >= 4 is 22.6 Å². The molecule has 0 spiro atoms. The molecule has 2 rings (SSSR count). The molecule has 98 valence electrons. The molecule has 1 aromatic carbocycles. The Balaban J connectivity index is 2.15. The van der Waals surface area contributed by atoms with Crippen LogP contribution in [-0.4, -0.2) is 0 Å². The average molecular weight is 266 g/mol. The summed E-state index contributed by atoms with van der Waals surface area (Å²) >= 11 is 5.96. The van der Waals surface area contributed by atoms with E-state index in [0.29, 0.717) is 5.41 Å². The number of benzene rings is 1. The monoisotopic (exact) mass is 265 g/mol. The van der Waals surface area contributed by atoms with Crippen LogP contribution >= 0.6 is 11.6 Å². The lowest BCUT2D eigenvalue weighted by Gasteiger charge is -2.19. The minimum absolute atomic E-state index is 0.0459. The van der Waals surface area contributed by atoms with Crippen molar-refractivity contribution in [3.63, 3.8) is 0 Å². The molecule has 1 unspecified atom stereocenters. The third-order valence-electron chi connectivity index (χ3n) is 3.07. The quantitative estimate of drug-likeness (QED) is 0.856. The van der Waals surface area contributed by atoms with E-state index in [9.17, 15) is 0 Å². The summed E-state index contributed by atoms with van der Waals surface area (Å²) in [4.78, 5) is 0. The number of halogens is 1. The molecule has 1 atom stereocenters. The van der Waals surface area contributed by atoms with E-state index in [4.69, 9.17) is 21.8 Å². The lowest BCUT2D eigenvalue weighted by molar-refractivity contribution is 0.337. The maximum absolute atomic E-state index is 6.18. The molecule has 0 fully saturated rings. The second-order valence-corrected chi connectivity index (χ2v) is 6.47. The fraction of sp³-hybridized carbons (Fsp3) is 0.467. The van der Waals surface area contributed by atoms with Crippen LogP contribution in [0.15, 0.2) is 28.7 Å². The first kappa shape index (κ1) is 13.4. The normalized spacial score (nSPS) is 14.1. The summed E-state index contributed by atoms with van der Waals surface area (Å²) in [6, 6.07) is 7.57. The van der Waals surface area contributed by atoms with Gasteiger partial charge in [-0.3, -0.25) is 0 Å². The van der Waals surface area contributed by atoms with Crippen molar-refractivity contribution in [2.45, 2.75) is 39.7 Å². The first-order valence-electron chi connectivity index (χ1n) is 6.30. The highest BCUT2D eigenvalue weighted by Gasteiger charge is 2.16. The lowest BCUT2D eigenvalue weighted by Crippen LogP contribution is -2.14. The smallest absolute Gasteiger partial charge is 0.134 e. The summed E-state index contributed by atoms with van der Waals surface area (Å²) in [6.45, 7) is 6.66. The van der Waals surface area contributed by atoms with Crippen molar-refractivity contribution in [2.24, 2.45) is 11.1 Å². The van der Waals surface area contributed by atoms with Crippen LogP contribution < -0.4 is 5.73 Å². The van der Waals surface area contributed by atoms with Gasteiger partial charge < -0.3 is 10.2 Å². The SMILES string of the molecule is CC(C)(C)CCC(N)c1cc2cc(Cl)ccc2o1. The largest absolute Gasteiger partial charge is 0.459 e. The topological polar surface area (TPSA) is 39.2 Å². The minimum Gasteiger partial charge on any atom is -0.459 e. The van der Waals surface area contributed by atoms with E-state index in [1.165, 1.54) is 0 Å². The summed E-state index contributed by atoms with van der Waals surface area (Å²) < 4.78 is 5.77. The highest BCUT2D eigenvalue weighted by Crippen LogP contribution is 2.30. The summed E-state index contributed by atoms with van der Waals surface area (Å²) in [6.07, 6.45) is 2.00. The van der Waals surface area contributed by atoms with Crippen LogP contribution in [0, 0.1) is 5.41 Å². The van der Waals surface area contributed by atoms with Gasteiger partial charge in [0.2, 0.25) is 0 Å². The predicted molar refractivity (Wildman–Crippen MR) is 76.8 cm³/mol. The van der Waals surface area contributed by atoms with E-state index in [1.54, 1.807) is 0 Å². The Morgan fingerprint density at radius 3 is 2.67 bits per heavy atom. The maximum Gasteiger partial charge on any atom is 0.134 e. The van der Waals surface area contributed by atoms with Crippen LogP contribution in [0.2, 0.25) is 5.02 Å². The Kier molecular flexibility index (Phi) is 3.69. The van der Waals surface area contributed by atoms with Crippen molar-refractivity contribution in [3.8, 4) is 0 Å². The summed E-state index contributed by atoms with van der Waals surface area (Å²) in [5.41, 5.74) is 7.32. The lowest BCUT2D eigenvalue weighted by atomic mass is 9.88. The van der Waals surface area contributed by atoms with Gasteiger partial charge in [0, 0.05) is 10.4 Å². The van der Waals surface area contributed by atoms with Crippen LogP contribution in [0.1, 0.15) is 45.4 Å². The highest BCUT2D eigenvalue weighted by atomic mass is 35.5. The molecule has 0 saturated carbocycles. The van der Waals surface area contributed by atoms with Gasteiger partial charge in [0.05, 0.1) is 6.04 Å². The van der Waals surface area contributed by atoms with Gasteiger partial charge in [-0.25, -0.2) is 0 Å². The van der Waals surface area contributed by atoms with E-state index in [1.807, 2.05) is 24.3 Å². The van der Waals surface area contributed by atoms with Crippen molar-refractivity contribution in [3.05, 3.63) is 35.0 Å². The molecule has 0 aliphatic rings. The zero-order valence-electron chi connectivity index (χ0n) is 11.2. The molecule has 18 heavy (non-hydrogen) atoms. The Morgan fingerprint density at radius 2 is 2.00 bits per heavy atom. The van der Waals surface area contributed by atoms with Crippen molar-refractivity contribution in [1.82, 2.24) is 0 Å². The molecular weight excluding hydrogens is 246 g/mol. The number of nitrogens with two attached hydrogens (primary N) is 1. The zero-order chi connectivity index (χ0) is 13.3. The average Bonchev–Trinajstić information content (AvgIpc) is 2.67. The number of hydrogen-bond acceptors (Lipinski definition) is 2. The molecule has 2 N–H and O–H groups in total. The van der Waals surface area contributed by atoms with Gasteiger partial charge in [-0.05, 0) is 42.5 Å². The summed E-state index contributed by atoms with van der Waals surface area (Å²) in [5, 5.41) is 1.74. The number of fused-ring (bicyclic) bond motifs is 1. The molecule has 2 nitrogen and oxygen atoms in total. The van der Waals surface area contributed by atoms with Crippen LogP contribution in [0.5, 0.6) is 0 Å². The number of furan rings is 1. The Morgan fingerprint density at radius 1 is 1.28 bits per heavy atom. The second-order valence-electron chi connectivity index (χ2n) is 6.04. The van der Waals surface area contributed by atoms with E-state index < -0.39 is 0 Å². The van der Waals surface area contributed by atoms with E-state index in [2.05, 4.69) is 20.8 Å². The molecule has 0 aliphatic heterocycles. The Labute approximate surface area is 113 Å². The second kappa shape index (κ2) is 4.94. The Hall–Kier alpha value is -0.990. The third-order valence-corrected chi connectivity index (χ3v) is 3.30. The van der Waals surface area contributed by atoms with Crippen LogP contribution in [-0.2, 0) is 0 Å². The molecule has 1 aromatic heterocycles. The molecule has 1 heterocycles. The van der Waals surface area contributed by atoms with Gasteiger partial charge in [0.25, 0.3) is 0 Å². The third kappa shape index (κ3) is 3.27. The first-order valence-corrected chi connectivity index (χ1v) is 6.67. The number of hydrogen-bond donors (Lipinski definition) is 1. The number of rotatable bonds is 3. The van der Waals surface area contributed by atoms with Crippen molar-refractivity contribution < 1.29 is 4.42 Å². The minimum atomic E-state index is -0.0459. The van der Waals surface area contributed by atoms with Crippen LogP contribution in [0.25, 0.3) is 11.0 Å². The van der Waals surface area contributed by atoms with Crippen molar-refractivity contribution in [1.29, 1.82) is 0 Å². The molecule has 0 bridgehead atoms. The predicted octanol–water partition coefficient (Wildman–Crippen LogP) is 4.91. The highest BCUT2D eigenvalue weighted by molar-refractivity contribution is 6.31. The Bertz CT molecular complexity index is 539. The van der Waals surface area contributed by atoms with Crippen LogP contribution in [0.4, 0.5) is 0 Å². The van der Waals surface area contributed by atoms with Gasteiger partial charge >= 0.3 is 0 Å². The zero-order valence-corrected chi connectivity index (χ0v) is 11.9. The van der Waals surface area contributed by atoms with Gasteiger partial charge in [-0.2, -0.15) is 0 Å². The van der Waals surface area contributed by atoms with E-state index in [0.717, 1.165) is 34.6 Å². The maximum atomic E-state index is 6.18. The fourth-order valence-corrected chi connectivity index (χ4v) is 2.13. The van der Waals surface area contributed by atoms with Gasteiger partial charge in [-0.15, -0.1) is 0 Å². The van der Waals surface area contributed by atoms with Crippen LogP contribution in [0.3, 0.4) is 0 Å². The molecule has 0 radical (unpaired) electrons.